The maximum Gasteiger partial charge on any atom is 0.276 e. The van der Waals surface area contributed by atoms with Crippen LogP contribution >= 0.6 is 47.4 Å². The molecule has 0 bridgehead atoms. The van der Waals surface area contributed by atoms with Gasteiger partial charge in [-0.25, -0.2) is 4.90 Å². The number of halogens is 3. The third-order valence-corrected chi connectivity index (χ3v) is 4.00. The van der Waals surface area contributed by atoms with Gasteiger partial charge in [-0.2, -0.15) is 12.6 Å². The number of hydrogen-bond acceptors (Lipinski definition) is 3. The number of likely N-dealkylation sites (tertiary alicyclic amines) is 1. The number of nitrogens with zero attached hydrogens (tertiary/aromatic N) is 1. The van der Waals surface area contributed by atoms with Gasteiger partial charge in [-0.05, 0) is 12.8 Å². The SMILES string of the molecule is O=C1C2CCC=CC2(S)C(=O)N1C(Cl)(Cl)Cl. The Labute approximate surface area is 113 Å². The molecule has 1 fully saturated rings. The fraction of sp³-hybridized carbons (Fsp3) is 0.556. The average Bonchev–Trinajstić information content (AvgIpc) is 2.35. The highest BCUT2D eigenvalue weighted by molar-refractivity contribution is 7.83. The zero-order valence-electron chi connectivity index (χ0n) is 7.99. The molecule has 0 N–H and O–H groups in total. The van der Waals surface area contributed by atoms with Crippen LogP contribution in [0, 0.1) is 5.92 Å². The highest BCUT2D eigenvalue weighted by Crippen LogP contribution is 2.47. The first-order chi connectivity index (χ1) is 7.28. The van der Waals surface area contributed by atoms with Crippen LogP contribution in [0.1, 0.15) is 12.8 Å². The summed E-state index contributed by atoms with van der Waals surface area (Å²) in [6, 6.07) is 0. The molecule has 1 saturated heterocycles. The highest BCUT2D eigenvalue weighted by atomic mass is 35.6. The molecule has 0 aromatic heterocycles. The molecule has 1 aliphatic carbocycles. The molecule has 0 saturated carbocycles. The molecule has 2 atom stereocenters. The molecule has 2 amide bonds. The number of hydrogen-bond donors (Lipinski definition) is 1. The van der Waals surface area contributed by atoms with Crippen LogP contribution in [0.4, 0.5) is 0 Å². The number of imide groups is 1. The fourth-order valence-corrected chi connectivity index (χ4v) is 2.99. The molecule has 0 radical (unpaired) electrons. The van der Waals surface area contributed by atoms with Crippen molar-refractivity contribution >= 4 is 59.2 Å². The Bertz CT molecular complexity index is 393. The van der Waals surface area contributed by atoms with Crippen LogP contribution in [0.25, 0.3) is 0 Å². The first kappa shape index (κ1) is 12.6. The highest BCUT2D eigenvalue weighted by Gasteiger charge is 2.61. The van der Waals surface area contributed by atoms with Crippen molar-refractivity contribution in [2.75, 3.05) is 0 Å². The van der Waals surface area contributed by atoms with Crippen molar-refractivity contribution < 1.29 is 9.59 Å². The zero-order valence-corrected chi connectivity index (χ0v) is 11.2. The largest absolute Gasteiger partial charge is 0.276 e. The summed E-state index contributed by atoms with van der Waals surface area (Å²) in [6.07, 6.45) is 4.69. The number of amides is 2. The van der Waals surface area contributed by atoms with E-state index in [1.807, 2.05) is 6.08 Å². The number of alkyl halides is 3. The molecule has 3 nitrogen and oxygen atoms in total. The van der Waals surface area contributed by atoms with Crippen molar-refractivity contribution in [2.24, 2.45) is 5.92 Å². The second-order valence-corrected chi connectivity index (χ2v) is 6.77. The molecule has 88 valence electrons. The summed E-state index contributed by atoms with van der Waals surface area (Å²) in [5.74, 6) is -1.57. The Morgan fingerprint density at radius 1 is 1.44 bits per heavy atom. The third kappa shape index (κ3) is 1.67. The minimum Gasteiger partial charge on any atom is -0.274 e. The van der Waals surface area contributed by atoms with E-state index in [2.05, 4.69) is 12.6 Å². The summed E-state index contributed by atoms with van der Waals surface area (Å²) in [5.41, 5.74) is 0. The number of carbonyl (C=O) groups is 2. The molecule has 0 spiro atoms. The first-order valence-electron chi connectivity index (χ1n) is 4.64. The summed E-state index contributed by atoms with van der Waals surface area (Å²) in [7, 11) is 0. The van der Waals surface area contributed by atoms with Crippen LogP contribution in [0.2, 0.25) is 0 Å². The monoisotopic (exact) mass is 299 g/mol. The quantitative estimate of drug-likeness (QED) is 0.245. The van der Waals surface area contributed by atoms with Gasteiger partial charge in [0.05, 0.1) is 5.92 Å². The smallest absolute Gasteiger partial charge is 0.274 e. The van der Waals surface area contributed by atoms with E-state index in [0.29, 0.717) is 11.3 Å². The Morgan fingerprint density at radius 2 is 2.06 bits per heavy atom. The van der Waals surface area contributed by atoms with Crippen molar-refractivity contribution in [2.45, 2.75) is 21.5 Å². The topological polar surface area (TPSA) is 37.4 Å². The van der Waals surface area contributed by atoms with Gasteiger partial charge in [0.2, 0.25) is 5.91 Å². The van der Waals surface area contributed by atoms with Crippen molar-refractivity contribution in [3.05, 3.63) is 12.2 Å². The molecule has 2 rings (SSSR count). The van der Waals surface area contributed by atoms with E-state index in [9.17, 15) is 9.59 Å². The third-order valence-electron chi connectivity index (χ3n) is 2.84. The van der Waals surface area contributed by atoms with E-state index in [0.717, 1.165) is 6.42 Å². The van der Waals surface area contributed by atoms with Gasteiger partial charge in [0.15, 0.2) is 0 Å². The lowest BCUT2D eigenvalue weighted by Crippen LogP contribution is -2.43. The van der Waals surface area contributed by atoms with Crippen molar-refractivity contribution in [1.82, 2.24) is 4.90 Å². The van der Waals surface area contributed by atoms with E-state index in [-0.39, 0.29) is 0 Å². The number of fused-ring (bicyclic) bond motifs is 1. The first-order valence-corrected chi connectivity index (χ1v) is 6.22. The van der Waals surface area contributed by atoms with Crippen molar-refractivity contribution in [3.8, 4) is 0 Å². The molecule has 1 aliphatic heterocycles. The summed E-state index contributed by atoms with van der Waals surface area (Å²) in [5, 5.41) is 0. The van der Waals surface area contributed by atoms with Crippen LogP contribution in [0.3, 0.4) is 0 Å². The van der Waals surface area contributed by atoms with Crippen LogP contribution in [-0.4, -0.2) is 25.4 Å². The van der Waals surface area contributed by atoms with Gasteiger partial charge in [0, 0.05) is 0 Å². The zero-order chi connectivity index (χ0) is 12.1. The van der Waals surface area contributed by atoms with Crippen LogP contribution < -0.4 is 0 Å². The Morgan fingerprint density at radius 3 is 2.56 bits per heavy atom. The number of carbonyl (C=O) groups excluding carboxylic acids is 2. The number of thiol groups is 1. The maximum absolute atomic E-state index is 12.0. The molecule has 0 aromatic carbocycles. The van der Waals surface area contributed by atoms with Crippen molar-refractivity contribution in [3.63, 3.8) is 0 Å². The molecule has 7 heteroatoms. The summed E-state index contributed by atoms with van der Waals surface area (Å²) >= 11 is 21.1. The van der Waals surface area contributed by atoms with Crippen LogP contribution in [0.5, 0.6) is 0 Å². The van der Waals surface area contributed by atoms with Gasteiger partial charge in [-0.3, -0.25) is 9.59 Å². The number of rotatable bonds is 0. The molecule has 2 unspecified atom stereocenters. The predicted molar refractivity (Wildman–Crippen MR) is 65.7 cm³/mol. The molecule has 2 aliphatic rings. The Balaban J connectivity index is 2.47. The van der Waals surface area contributed by atoms with Crippen LogP contribution in [-0.2, 0) is 9.59 Å². The van der Waals surface area contributed by atoms with Gasteiger partial charge in [-0.1, -0.05) is 47.0 Å². The fourth-order valence-electron chi connectivity index (χ4n) is 2.07. The Hall–Kier alpha value is 0.1000. The maximum atomic E-state index is 12.0. The minimum atomic E-state index is -2.05. The Kier molecular flexibility index (Phi) is 2.98. The molecule has 16 heavy (non-hydrogen) atoms. The summed E-state index contributed by atoms with van der Waals surface area (Å²) in [4.78, 5) is 24.7. The molecule has 1 heterocycles. The van der Waals surface area contributed by atoms with E-state index < -0.39 is 26.4 Å². The van der Waals surface area contributed by atoms with Gasteiger partial charge >= 0.3 is 0 Å². The lowest BCUT2D eigenvalue weighted by atomic mass is 9.85. The minimum absolute atomic E-state index is 0.468. The van der Waals surface area contributed by atoms with Gasteiger partial charge in [0.1, 0.15) is 4.75 Å². The normalized spacial score (nSPS) is 34.5. The van der Waals surface area contributed by atoms with E-state index in [4.69, 9.17) is 34.8 Å². The van der Waals surface area contributed by atoms with E-state index in [1.54, 1.807) is 6.08 Å². The van der Waals surface area contributed by atoms with E-state index in [1.165, 1.54) is 0 Å². The molecular formula is C9H8Cl3NO2S. The van der Waals surface area contributed by atoms with Gasteiger partial charge in [-0.15, -0.1) is 0 Å². The summed E-state index contributed by atoms with van der Waals surface area (Å²) < 4.78 is -3.20. The predicted octanol–water partition coefficient (Wildman–Crippen LogP) is 2.32. The van der Waals surface area contributed by atoms with E-state index >= 15 is 0 Å². The standard InChI is InChI=1S/C9H8Cl3NO2S/c10-9(11,12)13-6(14)5-3-1-2-4-8(5,16)7(13)15/h2,4-5,16H,1,3H2. The second kappa shape index (κ2) is 3.80. The van der Waals surface area contributed by atoms with Gasteiger partial charge < -0.3 is 0 Å². The van der Waals surface area contributed by atoms with Crippen LogP contribution in [0.15, 0.2) is 12.2 Å². The second-order valence-electron chi connectivity index (χ2n) is 3.80. The number of allylic oxidation sites excluding steroid dienone is 1. The lowest BCUT2D eigenvalue weighted by molar-refractivity contribution is -0.139. The van der Waals surface area contributed by atoms with Gasteiger partial charge in [0.25, 0.3) is 9.82 Å². The molecule has 0 aromatic rings. The molecular weight excluding hydrogens is 293 g/mol. The lowest BCUT2D eigenvalue weighted by Gasteiger charge is -2.26. The average molecular weight is 301 g/mol. The summed E-state index contributed by atoms with van der Waals surface area (Å²) in [6.45, 7) is 0. The van der Waals surface area contributed by atoms with Crippen molar-refractivity contribution in [1.29, 1.82) is 0 Å².